The van der Waals surface area contributed by atoms with Crippen molar-refractivity contribution < 1.29 is 9.59 Å². The van der Waals surface area contributed by atoms with E-state index in [4.69, 9.17) is 11.5 Å². The summed E-state index contributed by atoms with van der Waals surface area (Å²) in [5.74, 6) is -0.969. The van der Waals surface area contributed by atoms with Crippen molar-refractivity contribution in [2.24, 2.45) is 11.5 Å². The highest BCUT2D eigenvalue weighted by atomic mass is 16.2. The summed E-state index contributed by atoms with van der Waals surface area (Å²) in [7, 11) is 0. The molecule has 2 atom stereocenters. The number of carbonyl (C=O) groups excluding carboxylic acids is 2. The smallest absolute Gasteiger partial charge is 0.245 e. The van der Waals surface area contributed by atoms with Gasteiger partial charge in [0.15, 0.2) is 0 Å². The fourth-order valence-electron chi connectivity index (χ4n) is 3.13. The number of amides is 2. The van der Waals surface area contributed by atoms with Crippen LogP contribution in [0.4, 0.5) is 5.69 Å². The monoisotopic (exact) mass is 309 g/mol. The number of rotatable bonds is 3. The Bertz CT molecular complexity index is 730. The van der Waals surface area contributed by atoms with Crippen LogP contribution in [0.2, 0.25) is 0 Å². The van der Waals surface area contributed by atoms with Gasteiger partial charge < -0.3 is 16.4 Å². The van der Waals surface area contributed by atoms with Crippen molar-refractivity contribution in [3.05, 3.63) is 65.7 Å². The Kier molecular flexibility index (Phi) is 4.12. The molecule has 0 aromatic heterocycles. The molecule has 2 aromatic carbocycles. The Labute approximate surface area is 134 Å². The summed E-state index contributed by atoms with van der Waals surface area (Å²) in [6, 6.07) is 16.6. The van der Waals surface area contributed by atoms with Crippen molar-refractivity contribution in [2.75, 3.05) is 11.4 Å². The van der Waals surface area contributed by atoms with Crippen LogP contribution in [-0.2, 0) is 16.0 Å². The second-order valence-electron chi connectivity index (χ2n) is 5.77. The number of carbonyl (C=O) groups is 2. The molecule has 0 radical (unpaired) electrons. The highest BCUT2D eigenvalue weighted by molar-refractivity contribution is 6.03. The number of fused-ring (bicyclic) bond motifs is 1. The maximum absolute atomic E-state index is 12.8. The largest absolute Gasteiger partial charge is 0.368 e. The molecule has 0 spiro atoms. The first-order valence-electron chi connectivity index (χ1n) is 7.56. The van der Waals surface area contributed by atoms with E-state index in [0.717, 1.165) is 11.1 Å². The minimum atomic E-state index is -0.718. The highest BCUT2D eigenvalue weighted by Crippen LogP contribution is 2.33. The molecule has 5 nitrogen and oxygen atoms in total. The van der Waals surface area contributed by atoms with E-state index in [9.17, 15) is 9.59 Å². The average molecular weight is 309 g/mol. The van der Waals surface area contributed by atoms with Crippen molar-refractivity contribution in [3.8, 4) is 0 Å². The van der Waals surface area contributed by atoms with Crippen molar-refractivity contribution in [1.82, 2.24) is 0 Å². The number of benzene rings is 2. The Morgan fingerprint density at radius 3 is 2.43 bits per heavy atom. The molecule has 0 saturated carbocycles. The molecule has 1 heterocycles. The second kappa shape index (κ2) is 6.22. The van der Waals surface area contributed by atoms with E-state index in [2.05, 4.69) is 0 Å². The Balaban J connectivity index is 2.07. The third kappa shape index (κ3) is 2.96. The van der Waals surface area contributed by atoms with Crippen molar-refractivity contribution in [2.45, 2.75) is 18.4 Å². The average Bonchev–Trinajstić information content (AvgIpc) is 2.66. The van der Waals surface area contributed by atoms with Crippen LogP contribution in [0.1, 0.15) is 17.0 Å². The van der Waals surface area contributed by atoms with Gasteiger partial charge in [0.05, 0.1) is 6.04 Å². The van der Waals surface area contributed by atoms with Crippen LogP contribution < -0.4 is 16.4 Å². The molecule has 118 valence electrons. The molecule has 5 heteroatoms. The highest BCUT2D eigenvalue weighted by Gasteiger charge is 2.35. The number of hydrogen-bond donors (Lipinski definition) is 2. The molecular formula is C18H19N3O2. The quantitative estimate of drug-likeness (QED) is 0.892. The minimum Gasteiger partial charge on any atom is -0.368 e. The van der Waals surface area contributed by atoms with Crippen LogP contribution in [-0.4, -0.2) is 24.4 Å². The van der Waals surface area contributed by atoms with Crippen molar-refractivity contribution in [3.63, 3.8) is 0 Å². The summed E-state index contributed by atoms with van der Waals surface area (Å²) in [5.41, 5.74) is 14.3. The Morgan fingerprint density at radius 2 is 1.74 bits per heavy atom. The van der Waals surface area contributed by atoms with Crippen LogP contribution in [0.5, 0.6) is 0 Å². The van der Waals surface area contributed by atoms with E-state index in [1.165, 1.54) is 4.90 Å². The lowest BCUT2D eigenvalue weighted by molar-refractivity contribution is -0.123. The topological polar surface area (TPSA) is 89.4 Å². The molecule has 3 rings (SSSR count). The molecular weight excluding hydrogens is 290 g/mol. The van der Waals surface area contributed by atoms with Gasteiger partial charge in [-0.3, -0.25) is 9.59 Å². The third-order valence-corrected chi connectivity index (χ3v) is 4.25. The zero-order chi connectivity index (χ0) is 16.4. The predicted molar refractivity (Wildman–Crippen MR) is 88.9 cm³/mol. The summed E-state index contributed by atoms with van der Waals surface area (Å²) < 4.78 is 0. The molecule has 0 saturated heterocycles. The number of nitrogens with two attached hydrogens (primary N) is 2. The molecule has 0 aliphatic carbocycles. The van der Waals surface area contributed by atoms with Crippen LogP contribution in [0, 0.1) is 0 Å². The Hall–Kier alpha value is -2.66. The molecule has 0 unspecified atom stereocenters. The summed E-state index contributed by atoms with van der Waals surface area (Å²) in [6.07, 6.45) is 0.641. The molecule has 1 aliphatic heterocycles. The molecule has 0 bridgehead atoms. The molecule has 2 aromatic rings. The first-order valence-corrected chi connectivity index (χ1v) is 7.56. The normalized spacial score (nSPS) is 20.7. The lowest BCUT2D eigenvalue weighted by atomic mass is 9.87. The van der Waals surface area contributed by atoms with E-state index in [-0.39, 0.29) is 18.4 Å². The van der Waals surface area contributed by atoms with Crippen molar-refractivity contribution in [1.29, 1.82) is 0 Å². The number of anilines is 1. The summed E-state index contributed by atoms with van der Waals surface area (Å²) >= 11 is 0. The maximum Gasteiger partial charge on any atom is 0.245 e. The summed E-state index contributed by atoms with van der Waals surface area (Å²) in [5, 5.41) is 0. The van der Waals surface area contributed by atoms with Crippen molar-refractivity contribution >= 4 is 17.5 Å². The van der Waals surface area contributed by atoms with Gasteiger partial charge in [-0.1, -0.05) is 48.5 Å². The minimum absolute atomic E-state index is 0.136. The third-order valence-electron chi connectivity index (χ3n) is 4.25. The zero-order valence-corrected chi connectivity index (χ0v) is 12.7. The van der Waals surface area contributed by atoms with E-state index in [1.54, 1.807) is 0 Å². The van der Waals surface area contributed by atoms with Crippen LogP contribution in [0.15, 0.2) is 54.6 Å². The van der Waals surface area contributed by atoms with E-state index in [0.29, 0.717) is 12.1 Å². The van der Waals surface area contributed by atoms with Gasteiger partial charge in [-0.25, -0.2) is 0 Å². The van der Waals surface area contributed by atoms with Gasteiger partial charge in [0, 0.05) is 11.6 Å². The standard InChI is InChI=1S/C18H19N3O2/c19-16(22)11-21-15-9-5-4-8-13(15)10-14(17(20)18(21)23)12-6-2-1-3-7-12/h1-9,14,17H,10-11,20H2,(H2,19,22)/t14-,17+/m1/s1. The van der Waals surface area contributed by atoms with Crippen LogP contribution >= 0.6 is 0 Å². The van der Waals surface area contributed by atoms with Gasteiger partial charge in [0.25, 0.3) is 0 Å². The van der Waals surface area contributed by atoms with Gasteiger partial charge in [0.1, 0.15) is 6.54 Å². The lowest BCUT2D eigenvalue weighted by Crippen LogP contribution is -2.48. The molecule has 2 amide bonds. The van der Waals surface area contributed by atoms with Crippen LogP contribution in [0.3, 0.4) is 0 Å². The summed E-state index contributed by atoms with van der Waals surface area (Å²) in [6.45, 7) is -0.162. The molecule has 4 N–H and O–H groups in total. The molecule has 0 fully saturated rings. The van der Waals surface area contributed by atoms with Gasteiger partial charge >= 0.3 is 0 Å². The second-order valence-corrected chi connectivity index (χ2v) is 5.77. The maximum atomic E-state index is 12.8. The van der Waals surface area contributed by atoms with Gasteiger partial charge in [0.2, 0.25) is 11.8 Å². The van der Waals surface area contributed by atoms with Gasteiger partial charge in [-0.2, -0.15) is 0 Å². The molecule has 23 heavy (non-hydrogen) atoms. The van der Waals surface area contributed by atoms with Gasteiger partial charge in [-0.15, -0.1) is 0 Å². The number of para-hydroxylation sites is 1. The fourth-order valence-corrected chi connectivity index (χ4v) is 3.13. The summed E-state index contributed by atoms with van der Waals surface area (Å²) in [4.78, 5) is 25.6. The zero-order valence-electron chi connectivity index (χ0n) is 12.7. The van der Waals surface area contributed by atoms with E-state index >= 15 is 0 Å². The fraction of sp³-hybridized carbons (Fsp3) is 0.222. The predicted octanol–water partition coefficient (Wildman–Crippen LogP) is 1.17. The SMILES string of the molecule is NC(=O)CN1C(=O)[C@@H](N)[C@@H](c2ccccc2)Cc2ccccc21. The van der Waals surface area contributed by atoms with Gasteiger partial charge in [-0.05, 0) is 23.6 Å². The van der Waals surface area contributed by atoms with Crippen LogP contribution in [0.25, 0.3) is 0 Å². The molecule has 1 aliphatic rings. The first kappa shape index (κ1) is 15.2. The Morgan fingerprint density at radius 1 is 1.09 bits per heavy atom. The number of primary amides is 1. The number of nitrogens with zero attached hydrogens (tertiary/aromatic N) is 1. The number of hydrogen-bond acceptors (Lipinski definition) is 3. The van der Waals surface area contributed by atoms with E-state index < -0.39 is 11.9 Å². The van der Waals surface area contributed by atoms with E-state index in [1.807, 2.05) is 54.6 Å². The first-order chi connectivity index (χ1) is 11.1. The lowest BCUT2D eigenvalue weighted by Gasteiger charge is -2.25.